The third kappa shape index (κ3) is 9.12. The molecule has 0 radical (unpaired) electrons. The number of unbranched alkanes of at least 4 members (excludes halogenated alkanes) is 3. The molecule has 0 aliphatic rings. The highest BCUT2D eigenvalue weighted by atomic mass is 16.6. The predicted molar refractivity (Wildman–Crippen MR) is 113 cm³/mol. The molecule has 0 fully saturated rings. The molecule has 2 rings (SSSR count). The van der Waals surface area contributed by atoms with Crippen molar-refractivity contribution in [1.82, 2.24) is 0 Å². The summed E-state index contributed by atoms with van der Waals surface area (Å²) < 4.78 is 11.2. The Morgan fingerprint density at radius 1 is 0.931 bits per heavy atom. The van der Waals surface area contributed by atoms with Crippen LogP contribution in [0.15, 0.2) is 70.9 Å². The van der Waals surface area contributed by atoms with E-state index in [-0.39, 0.29) is 5.69 Å². The van der Waals surface area contributed by atoms with Gasteiger partial charge in [0.2, 0.25) is 0 Å². The van der Waals surface area contributed by atoms with Crippen LogP contribution in [0.4, 0.5) is 17.1 Å². The van der Waals surface area contributed by atoms with Crippen LogP contribution in [-0.4, -0.2) is 24.7 Å². The van der Waals surface area contributed by atoms with Crippen LogP contribution in [0.2, 0.25) is 0 Å². The quantitative estimate of drug-likeness (QED) is 0.126. The van der Waals surface area contributed by atoms with E-state index in [9.17, 15) is 10.1 Å². The molecule has 0 heterocycles. The normalized spacial score (nSPS) is 10.9. The van der Waals surface area contributed by atoms with Crippen molar-refractivity contribution in [3.8, 4) is 5.75 Å². The zero-order chi connectivity index (χ0) is 20.9. The topological polar surface area (TPSA) is 86.3 Å². The summed E-state index contributed by atoms with van der Waals surface area (Å²) in [5, 5.41) is 18.9. The largest absolute Gasteiger partial charge is 0.494 e. The molecule has 0 amide bonds. The van der Waals surface area contributed by atoms with E-state index >= 15 is 0 Å². The average Bonchev–Trinajstić information content (AvgIpc) is 2.72. The molecule has 2 aromatic rings. The summed E-state index contributed by atoms with van der Waals surface area (Å²) in [6.45, 7) is 7.87. The molecule has 0 spiro atoms. The van der Waals surface area contributed by atoms with E-state index in [0.717, 1.165) is 43.6 Å². The zero-order valence-corrected chi connectivity index (χ0v) is 16.8. The summed E-state index contributed by atoms with van der Waals surface area (Å²) in [6, 6.07) is 13.3. The molecule has 154 valence electrons. The van der Waals surface area contributed by atoms with Gasteiger partial charge in [-0.05, 0) is 62.6 Å². The Balaban J connectivity index is 1.64. The minimum Gasteiger partial charge on any atom is -0.494 e. The number of hydrogen-bond acceptors (Lipinski definition) is 6. The maximum atomic E-state index is 10.6. The minimum absolute atomic E-state index is 0.0292. The Kier molecular flexibility index (Phi) is 9.51. The van der Waals surface area contributed by atoms with Crippen molar-refractivity contribution >= 4 is 17.1 Å². The number of nitro groups is 1. The van der Waals surface area contributed by atoms with Crippen molar-refractivity contribution in [2.45, 2.75) is 32.6 Å². The van der Waals surface area contributed by atoms with Crippen LogP contribution >= 0.6 is 0 Å². The molecule has 0 atom stereocenters. The second-order valence-corrected chi connectivity index (χ2v) is 6.74. The molecule has 0 aliphatic heterocycles. The Hall–Kier alpha value is -3.06. The van der Waals surface area contributed by atoms with Crippen molar-refractivity contribution in [3.63, 3.8) is 0 Å². The van der Waals surface area contributed by atoms with E-state index in [0.29, 0.717) is 24.6 Å². The predicted octanol–water partition coefficient (Wildman–Crippen LogP) is 6.54. The standard InChI is InChI=1S/C22H27N3O4/c1-18(2)17-28-15-5-3-4-6-16-29-22-13-9-20(10-14-22)24-23-19-7-11-21(12-8-19)25(26)27/h7-14H,1,3-6,15-17H2,2H3/b24-23+. The van der Waals surface area contributed by atoms with Gasteiger partial charge >= 0.3 is 0 Å². The van der Waals surface area contributed by atoms with Crippen molar-refractivity contribution < 1.29 is 14.4 Å². The van der Waals surface area contributed by atoms with Crippen molar-refractivity contribution in [1.29, 1.82) is 0 Å². The number of nitro benzene ring substituents is 1. The number of hydrogen-bond donors (Lipinski definition) is 0. The van der Waals surface area contributed by atoms with Crippen molar-refractivity contribution in [2.24, 2.45) is 10.2 Å². The summed E-state index contributed by atoms with van der Waals surface area (Å²) in [5.74, 6) is 0.795. The van der Waals surface area contributed by atoms with Crippen LogP contribution in [0.25, 0.3) is 0 Å². The Bertz CT molecular complexity index is 802. The van der Waals surface area contributed by atoms with Gasteiger partial charge in [0, 0.05) is 18.7 Å². The van der Waals surface area contributed by atoms with Crippen LogP contribution in [-0.2, 0) is 4.74 Å². The van der Waals surface area contributed by atoms with Gasteiger partial charge < -0.3 is 9.47 Å². The highest BCUT2D eigenvalue weighted by Crippen LogP contribution is 2.23. The number of non-ortho nitro benzene ring substituents is 1. The van der Waals surface area contributed by atoms with E-state index in [2.05, 4.69) is 16.8 Å². The van der Waals surface area contributed by atoms with E-state index in [4.69, 9.17) is 9.47 Å². The molecule has 0 aromatic heterocycles. The lowest BCUT2D eigenvalue weighted by Crippen LogP contribution is -1.99. The number of azo groups is 1. The van der Waals surface area contributed by atoms with Gasteiger partial charge in [-0.15, -0.1) is 0 Å². The fraction of sp³-hybridized carbons (Fsp3) is 0.364. The smallest absolute Gasteiger partial charge is 0.269 e. The first kappa shape index (κ1) is 22.2. The lowest BCUT2D eigenvalue weighted by Gasteiger charge is -2.06. The van der Waals surface area contributed by atoms with E-state index in [1.165, 1.54) is 12.1 Å². The fourth-order valence-electron chi connectivity index (χ4n) is 2.46. The minimum atomic E-state index is -0.445. The number of benzene rings is 2. The highest BCUT2D eigenvalue weighted by molar-refractivity contribution is 5.45. The summed E-state index contributed by atoms with van der Waals surface area (Å²) in [4.78, 5) is 10.2. The number of nitrogens with zero attached hydrogens (tertiary/aromatic N) is 3. The molecular weight excluding hydrogens is 370 g/mol. The summed E-state index contributed by atoms with van der Waals surface area (Å²) in [5.41, 5.74) is 2.32. The molecule has 0 saturated carbocycles. The Morgan fingerprint density at radius 2 is 1.48 bits per heavy atom. The number of ether oxygens (including phenoxy) is 2. The molecular formula is C22H27N3O4. The van der Waals surface area contributed by atoms with E-state index in [1.54, 1.807) is 12.1 Å². The summed E-state index contributed by atoms with van der Waals surface area (Å²) >= 11 is 0. The highest BCUT2D eigenvalue weighted by Gasteiger charge is 2.03. The summed E-state index contributed by atoms with van der Waals surface area (Å²) in [6.07, 6.45) is 4.29. The van der Waals surface area contributed by atoms with Gasteiger partial charge in [0.25, 0.3) is 5.69 Å². The van der Waals surface area contributed by atoms with Crippen LogP contribution < -0.4 is 4.74 Å². The molecule has 2 aromatic carbocycles. The lowest BCUT2D eigenvalue weighted by atomic mass is 10.2. The van der Waals surface area contributed by atoms with Crippen LogP contribution in [0.3, 0.4) is 0 Å². The summed E-state index contributed by atoms with van der Waals surface area (Å²) in [7, 11) is 0. The van der Waals surface area contributed by atoms with Gasteiger partial charge in [0.1, 0.15) is 5.75 Å². The van der Waals surface area contributed by atoms with Gasteiger partial charge in [-0.25, -0.2) is 0 Å². The van der Waals surface area contributed by atoms with Gasteiger partial charge in [-0.1, -0.05) is 18.6 Å². The number of rotatable bonds is 13. The zero-order valence-electron chi connectivity index (χ0n) is 16.8. The third-order valence-corrected chi connectivity index (χ3v) is 3.98. The first-order valence-corrected chi connectivity index (χ1v) is 9.66. The van der Waals surface area contributed by atoms with Gasteiger partial charge in [-0.2, -0.15) is 10.2 Å². The molecule has 0 unspecified atom stereocenters. The molecule has 0 saturated heterocycles. The van der Waals surface area contributed by atoms with Gasteiger partial charge in [0.05, 0.1) is 29.5 Å². The Labute approximate surface area is 171 Å². The van der Waals surface area contributed by atoms with E-state index in [1.807, 2.05) is 31.2 Å². The fourth-order valence-corrected chi connectivity index (χ4v) is 2.46. The lowest BCUT2D eigenvalue weighted by molar-refractivity contribution is -0.384. The molecule has 7 heteroatoms. The monoisotopic (exact) mass is 397 g/mol. The van der Waals surface area contributed by atoms with E-state index < -0.39 is 4.92 Å². The third-order valence-electron chi connectivity index (χ3n) is 3.98. The molecule has 29 heavy (non-hydrogen) atoms. The first-order chi connectivity index (χ1) is 14.0. The molecule has 0 N–H and O–H groups in total. The van der Waals surface area contributed by atoms with Crippen molar-refractivity contribution in [2.75, 3.05) is 19.8 Å². The maximum Gasteiger partial charge on any atom is 0.269 e. The average molecular weight is 397 g/mol. The molecule has 0 bridgehead atoms. The first-order valence-electron chi connectivity index (χ1n) is 9.66. The van der Waals surface area contributed by atoms with Gasteiger partial charge in [-0.3, -0.25) is 10.1 Å². The SMILES string of the molecule is C=C(C)COCCCCCCOc1ccc(/N=N/c2ccc([N+](=O)[O-])cc2)cc1. The van der Waals surface area contributed by atoms with Gasteiger partial charge in [0.15, 0.2) is 0 Å². The van der Waals surface area contributed by atoms with Crippen LogP contribution in [0.5, 0.6) is 5.75 Å². The Morgan fingerprint density at radius 3 is 2.03 bits per heavy atom. The second kappa shape index (κ2) is 12.4. The van der Waals surface area contributed by atoms with Crippen molar-refractivity contribution in [3.05, 3.63) is 70.8 Å². The molecule has 0 aliphatic carbocycles. The molecule has 7 nitrogen and oxygen atoms in total. The second-order valence-electron chi connectivity index (χ2n) is 6.74. The van der Waals surface area contributed by atoms with Crippen LogP contribution in [0.1, 0.15) is 32.6 Å². The van der Waals surface area contributed by atoms with Crippen LogP contribution in [0, 0.1) is 10.1 Å². The maximum absolute atomic E-state index is 10.6.